The highest BCUT2D eigenvalue weighted by Gasteiger charge is 2.12. The standard InChI is InChI=1S/C13H27N3O2/c1-14-13(17)12-18-11-5-3-4-6-16-9-7-15(2)8-10-16/h3-12H2,1-2H3,(H,14,17). The summed E-state index contributed by atoms with van der Waals surface area (Å²) in [6, 6.07) is 0. The van der Waals surface area contributed by atoms with E-state index < -0.39 is 0 Å². The number of rotatable bonds is 8. The fourth-order valence-electron chi connectivity index (χ4n) is 2.02. The smallest absolute Gasteiger partial charge is 0.245 e. The van der Waals surface area contributed by atoms with E-state index in [1.54, 1.807) is 7.05 Å². The van der Waals surface area contributed by atoms with Gasteiger partial charge in [0.05, 0.1) is 0 Å². The van der Waals surface area contributed by atoms with Gasteiger partial charge < -0.3 is 19.9 Å². The quantitative estimate of drug-likeness (QED) is 0.630. The minimum absolute atomic E-state index is 0.0487. The van der Waals surface area contributed by atoms with Crippen molar-refractivity contribution in [1.82, 2.24) is 15.1 Å². The van der Waals surface area contributed by atoms with Crippen LogP contribution in [0.15, 0.2) is 0 Å². The van der Waals surface area contributed by atoms with Gasteiger partial charge in [-0.1, -0.05) is 0 Å². The number of unbranched alkanes of at least 4 members (excludes halogenated alkanes) is 2. The summed E-state index contributed by atoms with van der Waals surface area (Å²) < 4.78 is 5.26. The van der Waals surface area contributed by atoms with Crippen molar-refractivity contribution in [3.05, 3.63) is 0 Å². The van der Waals surface area contributed by atoms with Gasteiger partial charge in [-0.25, -0.2) is 0 Å². The number of hydrogen-bond donors (Lipinski definition) is 1. The molecule has 1 aliphatic rings. The van der Waals surface area contributed by atoms with E-state index in [0.29, 0.717) is 6.61 Å². The van der Waals surface area contributed by atoms with Crippen molar-refractivity contribution in [2.24, 2.45) is 0 Å². The fraction of sp³-hybridized carbons (Fsp3) is 0.923. The number of nitrogens with one attached hydrogen (secondary N) is 1. The maximum absolute atomic E-state index is 10.9. The molecule has 18 heavy (non-hydrogen) atoms. The minimum Gasteiger partial charge on any atom is -0.372 e. The molecule has 5 heteroatoms. The van der Waals surface area contributed by atoms with E-state index in [9.17, 15) is 4.79 Å². The summed E-state index contributed by atoms with van der Waals surface area (Å²) in [5.74, 6) is -0.0487. The van der Waals surface area contributed by atoms with Crippen LogP contribution in [0.25, 0.3) is 0 Å². The Morgan fingerprint density at radius 2 is 1.89 bits per heavy atom. The predicted octanol–water partition coefficient (Wildman–Crippen LogP) is 0.167. The molecule has 0 saturated carbocycles. The summed E-state index contributed by atoms with van der Waals surface area (Å²) in [5, 5.41) is 2.54. The molecule has 0 spiro atoms. The van der Waals surface area contributed by atoms with Gasteiger partial charge in [0.15, 0.2) is 0 Å². The number of hydrogen-bond acceptors (Lipinski definition) is 4. The number of likely N-dealkylation sites (N-methyl/N-ethyl adjacent to an activating group) is 2. The summed E-state index contributed by atoms with van der Waals surface area (Å²) in [4.78, 5) is 15.8. The number of piperazine rings is 1. The Kier molecular flexibility index (Phi) is 7.96. The van der Waals surface area contributed by atoms with Crippen molar-refractivity contribution < 1.29 is 9.53 Å². The molecule has 0 unspecified atom stereocenters. The van der Waals surface area contributed by atoms with Gasteiger partial charge in [0.25, 0.3) is 0 Å². The second kappa shape index (κ2) is 9.30. The van der Waals surface area contributed by atoms with Gasteiger partial charge in [0.2, 0.25) is 5.91 Å². The lowest BCUT2D eigenvalue weighted by Crippen LogP contribution is -2.44. The van der Waals surface area contributed by atoms with Crippen molar-refractivity contribution in [2.75, 3.05) is 60.0 Å². The maximum Gasteiger partial charge on any atom is 0.245 e. The molecule has 0 atom stereocenters. The van der Waals surface area contributed by atoms with Gasteiger partial charge in [-0.3, -0.25) is 4.79 Å². The molecule has 0 aliphatic carbocycles. The molecular weight excluding hydrogens is 230 g/mol. The zero-order valence-electron chi connectivity index (χ0n) is 11.8. The molecule has 1 saturated heterocycles. The van der Waals surface area contributed by atoms with E-state index >= 15 is 0 Å². The SMILES string of the molecule is CNC(=O)COCCCCCN1CCN(C)CC1. The first-order valence-electron chi connectivity index (χ1n) is 6.91. The predicted molar refractivity (Wildman–Crippen MR) is 72.7 cm³/mol. The van der Waals surface area contributed by atoms with Crippen LogP contribution < -0.4 is 5.32 Å². The van der Waals surface area contributed by atoms with Crippen LogP contribution in [0.1, 0.15) is 19.3 Å². The van der Waals surface area contributed by atoms with Crippen molar-refractivity contribution in [3.8, 4) is 0 Å². The summed E-state index contributed by atoms with van der Waals surface area (Å²) >= 11 is 0. The average molecular weight is 257 g/mol. The van der Waals surface area contributed by atoms with E-state index in [-0.39, 0.29) is 12.5 Å². The lowest BCUT2D eigenvalue weighted by molar-refractivity contribution is -0.125. The van der Waals surface area contributed by atoms with Crippen molar-refractivity contribution >= 4 is 5.91 Å². The first-order valence-corrected chi connectivity index (χ1v) is 6.91. The first-order chi connectivity index (χ1) is 8.72. The van der Waals surface area contributed by atoms with Crippen molar-refractivity contribution in [2.45, 2.75) is 19.3 Å². The number of amides is 1. The Hall–Kier alpha value is -0.650. The lowest BCUT2D eigenvalue weighted by Gasteiger charge is -2.32. The number of carbonyl (C=O) groups excluding carboxylic acids is 1. The van der Waals surface area contributed by atoms with E-state index in [1.807, 2.05) is 0 Å². The molecule has 0 aromatic heterocycles. The molecule has 1 heterocycles. The summed E-state index contributed by atoms with van der Waals surface area (Å²) in [5.41, 5.74) is 0. The van der Waals surface area contributed by atoms with Gasteiger partial charge in [-0.15, -0.1) is 0 Å². The van der Waals surface area contributed by atoms with Crippen LogP contribution >= 0.6 is 0 Å². The average Bonchev–Trinajstić information content (AvgIpc) is 2.39. The van der Waals surface area contributed by atoms with Crippen molar-refractivity contribution in [3.63, 3.8) is 0 Å². The normalized spacial score (nSPS) is 17.9. The lowest BCUT2D eigenvalue weighted by atomic mass is 10.2. The molecular formula is C13H27N3O2. The summed E-state index contributed by atoms with van der Waals surface area (Å²) in [7, 11) is 3.81. The van der Waals surface area contributed by atoms with Crippen LogP contribution in [-0.2, 0) is 9.53 Å². The van der Waals surface area contributed by atoms with E-state index in [1.165, 1.54) is 45.6 Å². The maximum atomic E-state index is 10.9. The van der Waals surface area contributed by atoms with E-state index in [2.05, 4.69) is 22.2 Å². The van der Waals surface area contributed by atoms with Gasteiger partial charge in [0.1, 0.15) is 6.61 Å². The molecule has 106 valence electrons. The zero-order chi connectivity index (χ0) is 13.2. The molecule has 1 fully saturated rings. The Bertz CT molecular complexity index is 228. The van der Waals surface area contributed by atoms with E-state index in [4.69, 9.17) is 4.74 Å². The van der Waals surface area contributed by atoms with E-state index in [0.717, 1.165) is 6.42 Å². The summed E-state index contributed by atoms with van der Waals surface area (Å²) in [6.07, 6.45) is 3.46. The second-order valence-electron chi connectivity index (χ2n) is 4.93. The number of nitrogens with zero attached hydrogens (tertiary/aromatic N) is 2. The van der Waals surface area contributed by atoms with Crippen molar-refractivity contribution in [1.29, 1.82) is 0 Å². The molecule has 0 radical (unpaired) electrons. The second-order valence-corrected chi connectivity index (χ2v) is 4.93. The molecule has 1 amide bonds. The van der Waals surface area contributed by atoms with Gasteiger partial charge in [0, 0.05) is 39.8 Å². The van der Waals surface area contributed by atoms with Crippen LogP contribution in [0.4, 0.5) is 0 Å². The zero-order valence-corrected chi connectivity index (χ0v) is 11.8. The molecule has 1 rings (SSSR count). The number of ether oxygens (including phenoxy) is 1. The molecule has 5 nitrogen and oxygen atoms in total. The molecule has 0 bridgehead atoms. The third-order valence-corrected chi connectivity index (χ3v) is 3.37. The van der Waals surface area contributed by atoms with Crippen LogP contribution in [0.2, 0.25) is 0 Å². The van der Waals surface area contributed by atoms with Gasteiger partial charge in [-0.2, -0.15) is 0 Å². The monoisotopic (exact) mass is 257 g/mol. The van der Waals surface area contributed by atoms with Crippen LogP contribution in [0, 0.1) is 0 Å². The van der Waals surface area contributed by atoms with Gasteiger partial charge >= 0.3 is 0 Å². The Labute approximate surface area is 110 Å². The number of carbonyl (C=O) groups is 1. The largest absolute Gasteiger partial charge is 0.372 e. The Balaban J connectivity index is 1.85. The third-order valence-electron chi connectivity index (χ3n) is 3.37. The van der Waals surface area contributed by atoms with Crippen LogP contribution in [-0.4, -0.2) is 75.7 Å². The third kappa shape index (κ3) is 6.93. The first kappa shape index (κ1) is 15.4. The van der Waals surface area contributed by atoms with Crippen LogP contribution in [0.3, 0.4) is 0 Å². The molecule has 1 N–H and O–H groups in total. The minimum atomic E-state index is -0.0487. The highest BCUT2D eigenvalue weighted by Crippen LogP contribution is 2.03. The topological polar surface area (TPSA) is 44.8 Å². The summed E-state index contributed by atoms with van der Waals surface area (Å²) in [6.45, 7) is 6.85. The Morgan fingerprint density at radius 1 is 1.17 bits per heavy atom. The highest BCUT2D eigenvalue weighted by molar-refractivity contribution is 5.76. The Morgan fingerprint density at radius 3 is 2.56 bits per heavy atom. The van der Waals surface area contributed by atoms with Crippen LogP contribution in [0.5, 0.6) is 0 Å². The molecule has 1 aliphatic heterocycles. The fourth-order valence-corrected chi connectivity index (χ4v) is 2.02. The highest BCUT2D eigenvalue weighted by atomic mass is 16.5. The van der Waals surface area contributed by atoms with Gasteiger partial charge in [-0.05, 0) is 32.9 Å². The molecule has 0 aromatic carbocycles. The molecule has 0 aromatic rings.